The van der Waals surface area contributed by atoms with Crippen molar-refractivity contribution in [2.75, 3.05) is 0 Å². The van der Waals surface area contributed by atoms with Crippen molar-refractivity contribution in [2.45, 2.75) is 29.4 Å². The largest absolute Gasteiger partial charge is 0.0964 e. The number of hydrogen-bond acceptors (Lipinski definition) is 0. The van der Waals surface area contributed by atoms with E-state index in [2.05, 4.69) is 83.0 Å². The summed E-state index contributed by atoms with van der Waals surface area (Å²) in [7, 11) is 0. The first-order chi connectivity index (χ1) is 6.36. The molecule has 1 aliphatic rings. The SMILES string of the molecule is CC1(C)C(Br)(Br)[C@@]1(C)c1ccccc1. The van der Waals surface area contributed by atoms with Crippen LogP contribution in [0.4, 0.5) is 0 Å². The Balaban J connectivity index is 2.48. The minimum absolute atomic E-state index is 0.0291. The highest BCUT2D eigenvalue weighted by molar-refractivity contribution is 9.25. The lowest BCUT2D eigenvalue weighted by atomic mass is 9.90. The average Bonchev–Trinajstić information content (AvgIpc) is 2.47. The van der Waals surface area contributed by atoms with Crippen molar-refractivity contribution in [1.82, 2.24) is 0 Å². The number of alkyl halides is 2. The molecule has 1 aromatic rings. The molecule has 0 spiro atoms. The maximum atomic E-state index is 3.78. The van der Waals surface area contributed by atoms with Gasteiger partial charge < -0.3 is 0 Å². The monoisotopic (exact) mass is 316 g/mol. The van der Waals surface area contributed by atoms with Crippen LogP contribution in [-0.4, -0.2) is 3.23 Å². The first kappa shape index (κ1) is 10.7. The fourth-order valence-corrected chi connectivity index (χ4v) is 4.33. The van der Waals surface area contributed by atoms with E-state index >= 15 is 0 Å². The molecule has 2 heteroatoms. The van der Waals surface area contributed by atoms with Crippen LogP contribution in [0.25, 0.3) is 0 Å². The standard InChI is InChI=1S/C12H14Br2/c1-10(2)11(3,12(10,13)14)9-7-5-4-6-8-9/h4-8H,1-3H3/t11-/m0/s1. The van der Waals surface area contributed by atoms with E-state index in [1.165, 1.54) is 5.56 Å². The van der Waals surface area contributed by atoms with Gasteiger partial charge in [-0.25, -0.2) is 0 Å². The van der Waals surface area contributed by atoms with Crippen LogP contribution in [0.1, 0.15) is 26.3 Å². The molecule has 1 atom stereocenters. The third kappa shape index (κ3) is 0.992. The van der Waals surface area contributed by atoms with Crippen molar-refractivity contribution in [3.63, 3.8) is 0 Å². The fourth-order valence-electron chi connectivity index (χ4n) is 2.29. The fraction of sp³-hybridized carbons (Fsp3) is 0.500. The molecule has 0 unspecified atom stereocenters. The van der Waals surface area contributed by atoms with Crippen LogP contribution in [0.2, 0.25) is 0 Å². The molecule has 0 aliphatic heterocycles. The first-order valence-electron chi connectivity index (χ1n) is 4.79. The zero-order valence-corrected chi connectivity index (χ0v) is 11.8. The van der Waals surface area contributed by atoms with Crippen molar-refractivity contribution in [1.29, 1.82) is 0 Å². The van der Waals surface area contributed by atoms with Crippen molar-refractivity contribution in [2.24, 2.45) is 5.41 Å². The van der Waals surface area contributed by atoms with Crippen molar-refractivity contribution in [3.05, 3.63) is 35.9 Å². The Morgan fingerprint density at radius 2 is 1.36 bits per heavy atom. The van der Waals surface area contributed by atoms with Gasteiger partial charge in [-0.05, 0) is 5.56 Å². The minimum Gasteiger partial charge on any atom is -0.0711 e. The van der Waals surface area contributed by atoms with Gasteiger partial charge in [-0.2, -0.15) is 0 Å². The molecule has 2 rings (SSSR count). The molecule has 14 heavy (non-hydrogen) atoms. The summed E-state index contributed by atoms with van der Waals surface area (Å²) in [6, 6.07) is 10.7. The molecule has 0 amide bonds. The lowest BCUT2D eigenvalue weighted by Gasteiger charge is -2.14. The zero-order chi connectivity index (χ0) is 10.6. The van der Waals surface area contributed by atoms with E-state index in [1.807, 2.05) is 0 Å². The topological polar surface area (TPSA) is 0 Å². The highest BCUT2D eigenvalue weighted by Crippen LogP contribution is 2.79. The molecule has 76 valence electrons. The smallest absolute Gasteiger partial charge is 0.0711 e. The van der Waals surface area contributed by atoms with Crippen molar-refractivity contribution in [3.8, 4) is 0 Å². The Hall–Kier alpha value is 0.180. The average molecular weight is 318 g/mol. The molecule has 1 aliphatic carbocycles. The van der Waals surface area contributed by atoms with Gasteiger partial charge in [0.25, 0.3) is 0 Å². The van der Waals surface area contributed by atoms with Crippen LogP contribution in [-0.2, 0) is 5.41 Å². The number of rotatable bonds is 1. The minimum atomic E-state index is 0.0291. The van der Waals surface area contributed by atoms with E-state index in [1.54, 1.807) is 0 Å². The normalized spacial score (nSPS) is 32.6. The molecule has 0 radical (unpaired) electrons. The second-order valence-electron chi connectivity index (χ2n) is 4.69. The summed E-state index contributed by atoms with van der Waals surface area (Å²) in [5.41, 5.74) is 1.79. The number of halogens is 2. The van der Waals surface area contributed by atoms with Crippen LogP contribution in [0.5, 0.6) is 0 Å². The van der Waals surface area contributed by atoms with Gasteiger partial charge in [0.1, 0.15) is 0 Å². The molecule has 0 N–H and O–H groups in total. The van der Waals surface area contributed by atoms with Gasteiger partial charge in [0.15, 0.2) is 0 Å². The Labute approximate surface area is 102 Å². The summed E-state index contributed by atoms with van der Waals surface area (Å²) in [4.78, 5) is 0. The van der Waals surface area contributed by atoms with Gasteiger partial charge in [-0.1, -0.05) is 83.0 Å². The Kier molecular flexibility index (Phi) is 2.18. The predicted octanol–water partition coefficient (Wildman–Crippen LogP) is 4.47. The quantitative estimate of drug-likeness (QED) is 0.670. The van der Waals surface area contributed by atoms with Gasteiger partial charge in [0, 0.05) is 10.8 Å². The van der Waals surface area contributed by atoms with Crippen LogP contribution in [0.15, 0.2) is 30.3 Å². The highest BCUT2D eigenvalue weighted by Gasteiger charge is 2.78. The number of benzene rings is 1. The summed E-state index contributed by atoms with van der Waals surface area (Å²) in [6.45, 7) is 6.86. The van der Waals surface area contributed by atoms with E-state index in [0.29, 0.717) is 0 Å². The van der Waals surface area contributed by atoms with E-state index in [-0.39, 0.29) is 14.1 Å². The van der Waals surface area contributed by atoms with Gasteiger partial charge in [0.2, 0.25) is 0 Å². The molecule has 0 bridgehead atoms. The summed E-state index contributed by atoms with van der Waals surface area (Å²) < 4.78 is 0.0291. The molecular formula is C12H14Br2. The second kappa shape index (κ2) is 2.85. The third-order valence-corrected chi connectivity index (χ3v) is 7.52. The van der Waals surface area contributed by atoms with Crippen molar-refractivity contribution < 1.29 is 0 Å². The van der Waals surface area contributed by atoms with Gasteiger partial charge in [0.05, 0.1) is 3.23 Å². The lowest BCUT2D eigenvalue weighted by molar-refractivity contribution is 0.528. The summed E-state index contributed by atoms with van der Waals surface area (Å²) in [6.07, 6.45) is 0. The maximum absolute atomic E-state index is 3.78. The zero-order valence-electron chi connectivity index (χ0n) is 8.64. The molecule has 1 saturated carbocycles. The summed E-state index contributed by atoms with van der Waals surface area (Å²) in [5, 5.41) is 0. The maximum Gasteiger partial charge on any atom is 0.0964 e. The second-order valence-corrected chi connectivity index (χ2v) is 8.13. The Morgan fingerprint density at radius 3 is 1.71 bits per heavy atom. The van der Waals surface area contributed by atoms with Crippen LogP contribution in [0, 0.1) is 5.41 Å². The molecule has 1 aromatic carbocycles. The van der Waals surface area contributed by atoms with Gasteiger partial charge in [-0.3, -0.25) is 0 Å². The highest BCUT2D eigenvalue weighted by atomic mass is 79.9. The Morgan fingerprint density at radius 1 is 0.929 bits per heavy atom. The van der Waals surface area contributed by atoms with Crippen molar-refractivity contribution >= 4 is 31.9 Å². The predicted molar refractivity (Wildman–Crippen MR) is 68.2 cm³/mol. The molecule has 0 heterocycles. The van der Waals surface area contributed by atoms with Crippen LogP contribution < -0.4 is 0 Å². The van der Waals surface area contributed by atoms with E-state index in [4.69, 9.17) is 0 Å². The molecule has 0 aromatic heterocycles. The third-order valence-electron chi connectivity index (χ3n) is 3.95. The Bertz CT molecular complexity index is 338. The summed E-state index contributed by atoms with van der Waals surface area (Å²) >= 11 is 7.57. The van der Waals surface area contributed by atoms with E-state index in [9.17, 15) is 0 Å². The molecule has 1 fully saturated rings. The van der Waals surface area contributed by atoms with E-state index < -0.39 is 0 Å². The lowest BCUT2D eigenvalue weighted by Crippen LogP contribution is -2.10. The first-order valence-corrected chi connectivity index (χ1v) is 6.37. The van der Waals surface area contributed by atoms with Gasteiger partial charge >= 0.3 is 0 Å². The van der Waals surface area contributed by atoms with Crippen LogP contribution in [0.3, 0.4) is 0 Å². The summed E-state index contributed by atoms with van der Waals surface area (Å²) in [5.74, 6) is 0. The van der Waals surface area contributed by atoms with E-state index in [0.717, 1.165) is 0 Å². The molecular weight excluding hydrogens is 304 g/mol. The number of hydrogen-bond donors (Lipinski definition) is 0. The van der Waals surface area contributed by atoms with Crippen LogP contribution >= 0.6 is 31.9 Å². The van der Waals surface area contributed by atoms with Gasteiger partial charge in [-0.15, -0.1) is 0 Å². The molecule has 0 saturated heterocycles. The molecule has 0 nitrogen and oxygen atoms in total.